The number of amides is 1. The smallest absolute Gasteiger partial charge is 0.261 e. The van der Waals surface area contributed by atoms with E-state index >= 15 is 0 Å². The second-order valence-corrected chi connectivity index (χ2v) is 8.67. The van der Waals surface area contributed by atoms with Gasteiger partial charge in [-0.05, 0) is 48.5 Å². The van der Waals surface area contributed by atoms with Crippen LogP contribution in [0.4, 0.5) is 5.69 Å². The fourth-order valence-electron chi connectivity index (χ4n) is 2.41. The SMILES string of the molecule is O=C(NCCSCc1ccco1)c1ccc(NS(=O)(=O)c2ccccc2)cc1. The van der Waals surface area contributed by atoms with Crippen molar-refractivity contribution in [3.8, 4) is 0 Å². The Kier molecular flexibility index (Phi) is 6.78. The number of nitrogens with one attached hydrogen (secondary N) is 2. The average molecular weight is 417 g/mol. The number of carbonyl (C=O) groups is 1. The van der Waals surface area contributed by atoms with Crippen molar-refractivity contribution in [1.29, 1.82) is 0 Å². The van der Waals surface area contributed by atoms with Gasteiger partial charge in [-0.1, -0.05) is 18.2 Å². The maximum absolute atomic E-state index is 12.3. The van der Waals surface area contributed by atoms with E-state index in [1.807, 2.05) is 12.1 Å². The van der Waals surface area contributed by atoms with Gasteiger partial charge in [0, 0.05) is 23.5 Å². The third-order valence-corrected chi connectivity index (χ3v) is 6.19. The average Bonchev–Trinajstić information content (AvgIpc) is 3.22. The van der Waals surface area contributed by atoms with Crippen LogP contribution in [-0.4, -0.2) is 26.6 Å². The van der Waals surface area contributed by atoms with Crippen LogP contribution in [0.15, 0.2) is 82.3 Å². The molecule has 2 N–H and O–H groups in total. The fraction of sp³-hybridized carbons (Fsp3) is 0.150. The maximum atomic E-state index is 12.3. The van der Waals surface area contributed by atoms with Crippen molar-refractivity contribution in [1.82, 2.24) is 5.32 Å². The van der Waals surface area contributed by atoms with Gasteiger partial charge in [0.05, 0.1) is 16.9 Å². The fourth-order valence-corrected chi connectivity index (χ4v) is 4.25. The van der Waals surface area contributed by atoms with E-state index in [0.29, 0.717) is 17.8 Å². The molecule has 1 amide bonds. The van der Waals surface area contributed by atoms with Gasteiger partial charge in [0.2, 0.25) is 0 Å². The van der Waals surface area contributed by atoms with Crippen molar-refractivity contribution < 1.29 is 17.6 Å². The van der Waals surface area contributed by atoms with E-state index in [0.717, 1.165) is 17.3 Å². The van der Waals surface area contributed by atoms with Gasteiger partial charge in [0.15, 0.2) is 0 Å². The van der Waals surface area contributed by atoms with Gasteiger partial charge in [-0.25, -0.2) is 8.42 Å². The third-order valence-electron chi connectivity index (χ3n) is 3.81. The number of hydrogen-bond acceptors (Lipinski definition) is 5. The van der Waals surface area contributed by atoms with Crippen molar-refractivity contribution in [2.45, 2.75) is 10.6 Å². The van der Waals surface area contributed by atoms with Gasteiger partial charge in [-0.2, -0.15) is 11.8 Å². The zero-order valence-electron chi connectivity index (χ0n) is 15.0. The van der Waals surface area contributed by atoms with Crippen LogP contribution in [0.25, 0.3) is 0 Å². The number of rotatable bonds is 9. The minimum Gasteiger partial charge on any atom is -0.468 e. The van der Waals surface area contributed by atoms with Crippen molar-refractivity contribution in [2.75, 3.05) is 17.0 Å². The molecule has 6 nitrogen and oxygen atoms in total. The van der Waals surface area contributed by atoms with Gasteiger partial charge in [-0.15, -0.1) is 0 Å². The molecule has 0 fully saturated rings. The summed E-state index contributed by atoms with van der Waals surface area (Å²) in [5.74, 6) is 2.24. The van der Waals surface area contributed by atoms with E-state index in [9.17, 15) is 13.2 Å². The normalized spacial score (nSPS) is 11.1. The third kappa shape index (κ3) is 5.64. The Morgan fingerprint density at radius 2 is 1.71 bits per heavy atom. The lowest BCUT2D eigenvalue weighted by molar-refractivity contribution is 0.0956. The second-order valence-electron chi connectivity index (χ2n) is 5.88. The van der Waals surface area contributed by atoms with Gasteiger partial charge >= 0.3 is 0 Å². The molecule has 28 heavy (non-hydrogen) atoms. The number of hydrogen-bond donors (Lipinski definition) is 2. The van der Waals surface area contributed by atoms with Crippen LogP contribution in [0, 0.1) is 0 Å². The van der Waals surface area contributed by atoms with Crippen LogP contribution >= 0.6 is 11.8 Å². The Bertz CT molecular complexity index is 986. The molecule has 8 heteroatoms. The molecule has 0 bridgehead atoms. The zero-order chi connectivity index (χ0) is 19.8. The largest absolute Gasteiger partial charge is 0.468 e. The highest BCUT2D eigenvalue weighted by Crippen LogP contribution is 2.16. The number of furan rings is 1. The lowest BCUT2D eigenvalue weighted by atomic mass is 10.2. The summed E-state index contributed by atoms with van der Waals surface area (Å²) in [5, 5.41) is 2.84. The minimum atomic E-state index is -3.65. The van der Waals surface area contributed by atoms with Crippen molar-refractivity contribution >= 4 is 33.4 Å². The van der Waals surface area contributed by atoms with Crippen molar-refractivity contribution in [2.24, 2.45) is 0 Å². The molecule has 0 aliphatic carbocycles. The first kappa shape index (κ1) is 20.0. The molecular weight excluding hydrogens is 396 g/mol. The number of sulfonamides is 1. The van der Waals surface area contributed by atoms with Crippen LogP contribution in [0.3, 0.4) is 0 Å². The molecule has 0 aliphatic rings. The monoisotopic (exact) mass is 416 g/mol. The molecule has 0 saturated heterocycles. The van der Waals surface area contributed by atoms with E-state index in [1.165, 1.54) is 12.1 Å². The molecule has 0 aliphatic heterocycles. The molecule has 0 spiro atoms. The summed E-state index contributed by atoms with van der Waals surface area (Å²) in [4.78, 5) is 12.4. The molecule has 0 unspecified atom stereocenters. The zero-order valence-corrected chi connectivity index (χ0v) is 16.6. The summed E-state index contributed by atoms with van der Waals surface area (Å²) in [6.45, 7) is 0.534. The summed E-state index contributed by atoms with van der Waals surface area (Å²) in [6, 6.07) is 18.2. The maximum Gasteiger partial charge on any atom is 0.261 e. The first-order valence-corrected chi connectivity index (χ1v) is 11.2. The lowest BCUT2D eigenvalue weighted by Gasteiger charge is -2.09. The number of benzene rings is 2. The molecule has 2 aromatic carbocycles. The highest BCUT2D eigenvalue weighted by Gasteiger charge is 2.13. The Morgan fingerprint density at radius 1 is 0.964 bits per heavy atom. The standard InChI is InChI=1S/C20H20N2O4S2/c23-20(21-12-14-27-15-18-5-4-13-26-18)16-8-10-17(11-9-16)22-28(24,25)19-6-2-1-3-7-19/h1-11,13,22H,12,14-15H2,(H,21,23). The molecule has 3 aromatic rings. The van der Waals surface area contributed by atoms with Crippen LogP contribution in [0.1, 0.15) is 16.1 Å². The Morgan fingerprint density at radius 3 is 2.39 bits per heavy atom. The number of anilines is 1. The molecule has 146 valence electrons. The quantitative estimate of drug-likeness (QED) is 0.519. The Hall–Kier alpha value is -2.71. The summed E-state index contributed by atoms with van der Waals surface area (Å²) in [5.41, 5.74) is 0.869. The lowest BCUT2D eigenvalue weighted by Crippen LogP contribution is -2.25. The van der Waals surface area contributed by atoms with Crippen molar-refractivity contribution in [3.05, 3.63) is 84.3 Å². The van der Waals surface area contributed by atoms with Gasteiger partial charge < -0.3 is 9.73 Å². The molecule has 3 rings (SSSR count). The summed E-state index contributed by atoms with van der Waals surface area (Å²) in [6.07, 6.45) is 1.64. The van der Waals surface area contributed by atoms with Gasteiger partial charge in [0.25, 0.3) is 15.9 Å². The molecule has 1 heterocycles. The first-order chi connectivity index (χ1) is 13.5. The summed E-state index contributed by atoms with van der Waals surface area (Å²) < 4.78 is 32.4. The summed E-state index contributed by atoms with van der Waals surface area (Å²) >= 11 is 1.67. The Balaban J connectivity index is 1.47. The highest BCUT2D eigenvalue weighted by molar-refractivity contribution is 7.98. The summed E-state index contributed by atoms with van der Waals surface area (Å²) in [7, 11) is -3.65. The molecule has 0 radical (unpaired) electrons. The van der Waals surface area contributed by atoms with Gasteiger partial charge in [0.1, 0.15) is 5.76 Å². The van der Waals surface area contributed by atoms with E-state index in [1.54, 1.807) is 60.5 Å². The van der Waals surface area contributed by atoms with Crippen molar-refractivity contribution in [3.63, 3.8) is 0 Å². The highest BCUT2D eigenvalue weighted by atomic mass is 32.2. The minimum absolute atomic E-state index is 0.184. The topological polar surface area (TPSA) is 88.4 Å². The van der Waals surface area contributed by atoms with Gasteiger partial charge in [-0.3, -0.25) is 9.52 Å². The van der Waals surface area contributed by atoms with Crippen LogP contribution in [0.2, 0.25) is 0 Å². The molecule has 0 atom stereocenters. The molecule has 1 aromatic heterocycles. The Labute approximate surface area is 168 Å². The predicted octanol–water partition coefficient (Wildman–Crippen LogP) is 3.74. The molecule has 0 saturated carbocycles. The predicted molar refractivity (Wildman–Crippen MR) is 111 cm³/mol. The van der Waals surface area contributed by atoms with E-state index < -0.39 is 10.0 Å². The van der Waals surface area contributed by atoms with E-state index in [4.69, 9.17) is 4.42 Å². The van der Waals surface area contributed by atoms with E-state index in [2.05, 4.69) is 10.0 Å². The van der Waals surface area contributed by atoms with Crippen LogP contribution in [0.5, 0.6) is 0 Å². The van der Waals surface area contributed by atoms with Crippen LogP contribution < -0.4 is 10.0 Å². The second kappa shape index (κ2) is 9.48. The van der Waals surface area contributed by atoms with E-state index in [-0.39, 0.29) is 10.8 Å². The first-order valence-electron chi connectivity index (χ1n) is 8.61. The van der Waals surface area contributed by atoms with Crippen LogP contribution in [-0.2, 0) is 15.8 Å². The number of carbonyl (C=O) groups excluding carboxylic acids is 1. The molecular formula is C20H20N2O4S2. The number of thioether (sulfide) groups is 1.